The molecule has 0 saturated carbocycles. The first kappa shape index (κ1) is 16.4. The van der Waals surface area contributed by atoms with Gasteiger partial charge in [0.15, 0.2) is 0 Å². The van der Waals surface area contributed by atoms with Crippen LogP contribution in [0.25, 0.3) is 6.08 Å². The number of amides is 1. The van der Waals surface area contributed by atoms with E-state index in [4.69, 9.17) is 4.74 Å². The van der Waals surface area contributed by atoms with Crippen molar-refractivity contribution in [3.8, 4) is 0 Å². The van der Waals surface area contributed by atoms with Gasteiger partial charge in [0.05, 0.1) is 6.54 Å². The fraction of sp³-hybridized carbons (Fsp3) is 0.235. The lowest BCUT2D eigenvalue weighted by Gasteiger charge is -2.29. The number of halogens is 1. The predicted molar refractivity (Wildman–Crippen MR) is 87.1 cm³/mol. The molecule has 0 radical (unpaired) electrons. The predicted octanol–water partition coefficient (Wildman–Crippen LogP) is 3.58. The van der Waals surface area contributed by atoms with Crippen molar-refractivity contribution in [2.24, 2.45) is 0 Å². The van der Waals surface area contributed by atoms with E-state index in [2.05, 4.69) is 5.32 Å². The van der Waals surface area contributed by atoms with E-state index in [9.17, 15) is 9.18 Å². The maximum atomic E-state index is 13.9. The van der Waals surface area contributed by atoms with Gasteiger partial charge in [-0.2, -0.15) is 0 Å². The van der Waals surface area contributed by atoms with Gasteiger partial charge in [0.25, 0.3) is 0 Å². The van der Waals surface area contributed by atoms with Gasteiger partial charge in [0.2, 0.25) is 5.91 Å². The highest BCUT2D eigenvalue weighted by Gasteiger charge is 2.29. The Morgan fingerprint density at radius 1 is 1.36 bits per heavy atom. The van der Waals surface area contributed by atoms with Crippen LogP contribution in [0.2, 0.25) is 0 Å². The fourth-order valence-electron chi connectivity index (χ4n) is 2.03. The lowest BCUT2D eigenvalue weighted by atomic mass is 9.95. The molecule has 0 aliphatic rings. The zero-order valence-corrected chi connectivity index (χ0v) is 13.3. The number of carbonyl (C=O) groups is 1. The SMILES string of the molecule is COC(C)(CNC(=O)/C=C/c1cccs1)c1ccccc1F. The molecular weight excluding hydrogens is 301 g/mol. The molecule has 1 unspecified atom stereocenters. The van der Waals surface area contributed by atoms with Crippen molar-refractivity contribution in [2.75, 3.05) is 13.7 Å². The Morgan fingerprint density at radius 3 is 2.77 bits per heavy atom. The van der Waals surface area contributed by atoms with Crippen LogP contribution in [0.1, 0.15) is 17.4 Å². The molecule has 0 spiro atoms. The van der Waals surface area contributed by atoms with Gasteiger partial charge in [0, 0.05) is 23.6 Å². The first-order valence-electron chi connectivity index (χ1n) is 6.85. The Kier molecular flexibility index (Phi) is 5.46. The molecule has 2 aromatic rings. The molecule has 3 nitrogen and oxygen atoms in total. The molecule has 1 aromatic carbocycles. The largest absolute Gasteiger partial charge is 0.372 e. The van der Waals surface area contributed by atoms with Gasteiger partial charge in [-0.25, -0.2) is 4.39 Å². The summed E-state index contributed by atoms with van der Waals surface area (Å²) < 4.78 is 19.4. The molecule has 0 fully saturated rings. The third-order valence-electron chi connectivity index (χ3n) is 3.44. The van der Waals surface area contributed by atoms with Gasteiger partial charge in [0.1, 0.15) is 11.4 Å². The summed E-state index contributed by atoms with van der Waals surface area (Å²) in [5.41, 5.74) is -0.502. The number of thiophene rings is 1. The van der Waals surface area contributed by atoms with Crippen molar-refractivity contribution in [1.82, 2.24) is 5.32 Å². The topological polar surface area (TPSA) is 38.3 Å². The van der Waals surface area contributed by atoms with Gasteiger partial charge in [-0.1, -0.05) is 24.3 Å². The Hall–Kier alpha value is -1.98. The molecule has 22 heavy (non-hydrogen) atoms. The molecule has 1 amide bonds. The second-order valence-electron chi connectivity index (χ2n) is 4.98. The summed E-state index contributed by atoms with van der Waals surface area (Å²) in [6, 6.07) is 10.2. The van der Waals surface area contributed by atoms with Crippen LogP contribution in [0.4, 0.5) is 4.39 Å². The molecule has 1 aromatic heterocycles. The van der Waals surface area contributed by atoms with E-state index in [1.54, 1.807) is 42.5 Å². The minimum atomic E-state index is -0.919. The number of ether oxygens (including phenoxy) is 1. The van der Waals surface area contributed by atoms with Crippen molar-refractivity contribution in [3.05, 3.63) is 64.1 Å². The monoisotopic (exact) mass is 319 g/mol. The molecule has 0 saturated heterocycles. The number of hydrogen-bond acceptors (Lipinski definition) is 3. The molecule has 1 heterocycles. The molecule has 0 aliphatic carbocycles. The molecule has 5 heteroatoms. The number of methoxy groups -OCH3 is 1. The summed E-state index contributed by atoms with van der Waals surface area (Å²) in [6.07, 6.45) is 3.20. The second-order valence-corrected chi connectivity index (χ2v) is 5.96. The van der Waals surface area contributed by atoms with Gasteiger partial charge in [-0.05, 0) is 30.5 Å². The van der Waals surface area contributed by atoms with Crippen molar-refractivity contribution in [1.29, 1.82) is 0 Å². The molecule has 0 bridgehead atoms. The van der Waals surface area contributed by atoms with Gasteiger partial charge >= 0.3 is 0 Å². The highest BCUT2D eigenvalue weighted by atomic mass is 32.1. The van der Waals surface area contributed by atoms with E-state index >= 15 is 0 Å². The van der Waals surface area contributed by atoms with Crippen LogP contribution >= 0.6 is 11.3 Å². The molecule has 1 atom stereocenters. The van der Waals surface area contributed by atoms with Crippen molar-refractivity contribution >= 4 is 23.3 Å². The van der Waals surface area contributed by atoms with Crippen LogP contribution in [0, 0.1) is 5.82 Å². The fourth-order valence-corrected chi connectivity index (χ4v) is 2.64. The van der Waals surface area contributed by atoms with Crippen LogP contribution in [0.5, 0.6) is 0 Å². The summed E-state index contributed by atoms with van der Waals surface area (Å²) in [4.78, 5) is 12.9. The van der Waals surface area contributed by atoms with Crippen molar-refractivity contribution in [3.63, 3.8) is 0 Å². The number of nitrogens with one attached hydrogen (secondary N) is 1. The third kappa shape index (κ3) is 4.02. The highest BCUT2D eigenvalue weighted by molar-refractivity contribution is 7.10. The zero-order valence-electron chi connectivity index (χ0n) is 12.5. The molecule has 116 valence electrons. The standard InChI is InChI=1S/C17H18FNO2S/c1-17(21-2,14-7-3-4-8-15(14)18)12-19-16(20)10-9-13-6-5-11-22-13/h3-11H,12H2,1-2H3,(H,19,20)/b10-9+. The first-order valence-corrected chi connectivity index (χ1v) is 7.73. The molecule has 1 N–H and O–H groups in total. The van der Waals surface area contributed by atoms with E-state index in [0.717, 1.165) is 4.88 Å². The average Bonchev–Trinajstić information content (AvgIpc) is 3.04. The number of hydrogen-bond donors (Lipinski definition) is 1. The quantitative estimate of drug-likeness (QED) is 0.827. The Balaban J connectivity index is 2.01. The summed E-state index contributed by atoms with van der Waals surface area (Å²) in [5, 5.41) is 4.69. The van der Waals surface area contributed by atoms with Crippen LogP contribution < -0.4 is 5.32 Å². The van der Waals surface area contributed by atoms with Gasteiger partial charge in [-0.3, -0.25) is 4.79 Å². The smallest absolute Gasteiger partial charge is 0.244 e. The number of benzene rings is 1. The van der Waals surface area contributed by atoms with Crippen molar-refractivity contribution < 1.29 is 13.9 Å². The van der Waals surface area contributed by atoms with Gasteiger partial charge < -0.3 is 10.1 Å². The summed E-state index contributed by atoms with van der Waals surface area (Å²) in [6.45, 7) is 1.92. The third-order valence-corrected chi connectivity index (χ3v) is 4.27. The Bertz CT molecular complexity index is 654. The van der Waals surface area contributed by atoms with Crippen LogP contribution in [0.3, 0.4) is 0 Å². The first-order chi connectivity index (χ1) is 10.5. The minimum absolute atomic E-state index is 0.179. The van der Waals surface area contributed by atoms with E-state index in [-0.39, 0.29) is 18.3 Å². The lowest BCUT2D eigenvalue weighted by Crippen LogP contribution is -2.40. The maximum Gasteiger partial charge on any atom is 0.244 e. The normalized spacial score (nSPS) is 14.0. The highest BCUT2D eigenvalue weighted by Crippen LogP contribution is 2.26. The summed E-state index contributed by atoms with van der Waals surface area (Å²) in [7, 11) is 1.50. The van der Waals surface area contributed by atoms with Crippen molar-refractivity contribution in [2.45, 2.75) is 12.5 Å². The van der Waals surface area contributed by atoms with E-state index in [1.165, 1.54) is 19.3 Å². The van der Waals surface area contributed by atoms with E-state index < -0.39 is 5.60 Å². The minimum Gasteiger partial charge on any atom is -0.372 e. The second kappa shape index (κ2) is 7.33. The number of rotatable bonds is 6. The Labute approximate surface area is 133 Å². The van der Waals surface area contributed by atoms with Crippen LogP contribution in [-0.2, 0) is 15.1 Å². The molecule has 0 aliphatic heterocycles. The van der Waals surface area contributed by atoms with Crippen LogP contribution in [-0.4, -0.2) is 19.6 Å². The lowest BCUT2D eigenvalue weighted by molar-refractivity contribution is -0.118. The maximum absolute atomic E-state index is 13.9. The zero-order chi connectivity index (χ0) is 16.0. The average molecular weight is 319 g/mol. The Morgan fingerprint density at radius 2 is 2.14 bits per heavy atom. The van der Waals surface area contributed by atoms with E-state index in [1.807, 2.05) is 17.5 Å². The van der Waals surface area contributed by atoms with E-state index in [0.29, 0.717) is 5.56 Å². The van der Waals surface area contributed by atoms with Gasteiger partial charge in [-0.15, -0.1) is 11.3 Å². The van der Waals surface area contributed by atoms with Crippen LogP contribution in [0.15, 0.2) is 47.9 Å². The summed E-state index contributed by atoms with van der Waals surface area (Å²) in [5.74, 6) is -0.594. The number of carbonyl (C=O) groups excluding carboxylic acids is 1. The molecule has 2 rings (SSSR count). The molecular formula is C17H18FNO2S. The summed E-state index contributed by atoms with van der Waals surface area (Å²) >= 11 is 1.55.